The van der Waals surface area contributed by atoms with E-state index in [1.165, 1.54) is 0 Å². The number of nitrogens with one attached hydrogen (secondary N) is 1. The Kier molecular flexibility index (Phi) is 4.79. The van der Waals surface area contributed by atoms with Gasteiger partial charge in [0.15, 0.2) is 0 Å². The van der Waals surface area contributed by atoms with E-state index in [1.54, 1.807) is 11.3 Å². The van der Waals surface area contributed by atoms with Crippen molar-refractivity contribution in [3.8, 4) is 0 Å². The number of hydrogen-bond acceptors (Lipinski definition) is 3. The Bertz CT molecular complexity index is 548. The van der Waals surface area contributed by atoms with Crippen LogP contribution in [0.25, 0.3) is 0 Å². The molecule has 3 N–H and O–H groups in total. The number of carbonyl (C=O) groups is 1. The minimum atomic E-state index is 0.0624. The SMILES string of the molecule is CC(CC(=O)NC(C)c1ccsc1)c1ccc(N)cc1. The molecular formula is C16H20N2OS. The van der Waals surface area contributed by atoms with Crippen molar-refractivity contribution in [2.45, 2.75) is 32.2 Å². The molecule has 2 unspecified atom stereocenters. The van der Waals surface area contributed by atoms with E-state index in [1.807, 2.05) is 42.6 Å². The molecule has 0 bridgehead atoms. The molecule has 2 aromatic rings. The van der Waals surface area contributed by atoms with E-state index in [0.29, 0.717) is 6.42 Å². The molecule has 1 aromatic carbocycles. The molecular weight excluding hydrogens is 268 g/mol. The number of carbonyl (C=O) groups excluding carboxylic acids is 1. The van der Waals surface area contributed by atoms with Crippen LogP contribution in [-0.2, 0) is 4.79 Å². The predicted molar refractivity (Wildman–Crippen MR) is 84.8 cm³/mol. The molecule has 1 heterocycles. The third-order valence-corrected chi connectivity index (χ3v) is 4.12. The van der Waals surface area contributed by atoms with Crippen LogP contribution in [0.2, 0.25) is 0 Å². The Morgan fingerprint density at radius 3 is 2.50 bits per heavy atom. The summed E-state index contributed by atoms with van der Waals surface area (Å²) in [6.45, 7) is 4.06. The number of rotatable bonds is 5. The molecule has 4 heteroatoms. The van der Waals surface area contributed by atoms with E-state index in [4.69, 9.17) is 5.73 Å². The summed E-state index contributed by atoms with van der Waals surface area (Å²) in [6.07, 6.45) is 0.485. The van der Waals surface area contributed by atoms with Crippen molar-refractivity contribution in [3.63, 3.8) is 0 Å². The number of benzene rings is 1. The molecule has 0 saturated carbocycles. The second-order valence-corrected chi connectivity index (χ2v) is 5.90. The zero-order chi connectivity index (χ0) is 14.5. The van der Waals surface area contributed by atoms with Gasteiger partial charge in [0, 0.05) is 12.1 Å². The molecule has 3 nitrogen and oxygen atoms in total. The maximum Gasteiger partial charge on any atom is 0.221 e. The summed E-state index contributed by atoms with van der Waals surface area (Å²) in [6, 6.07) is 9.81. The van der Waals surface area contributed by atoms with Crippen LogP contribution in [0.15, 0.2) is 41.1 Å². The van der Waals surface area contributed by atoms with Gasteiger partial charge in [-0.3, -0.25) is 4.79 Å². The van der Waals surface area contributed by atoms with E-state index < -0.39 is 0 Å². The summed E-state index contributed by atoms with van der Waals surface area (Å²) >= 11 is 1.64. The van der Waals surface area contributed by atoms with Gasteiger partial charge in [-0.25, -0.2) is 0 Å². The number of amides is 1. The lowest BCUT2D eigenvalue weighted by Crippen LogP contribution is -2.27. The summed E-state index contributed by atoms with van der Waals surface area (Å²) in [5, 5.41) is 7.12. The third-order valence-electron chi connectivity index (χ3n) is 3.42. The fourth-order valence-electron chi connectivity index (χ4n) is 2.13. The Labute approximate surface area is 123 Å². The van der Waals surface area contributed by atoms with E-state index in [9.17, 15) is 4.79 Å². The third kappa shape index (κ3) is 3.84. The summed E-state index contributed by atoms with van der Waals surface area (Å²) in [5.41, 5.74) is 8.71. The summed E-state index contributed by atoms with van der Waals surface area (Å²) in [4.78, 5) is 12.1. The topological polar surface area (TPSA) is 55.1 Å². The molecule has 1 aromatic heterocycles. The van der Waals surface area contributed by atoms with Gasteiger partial charge in [0.1, 0.15) is 0 Å². The second kappa shape index (κ2) is 6.57. The van der Waals surface area contributed by atoms with E-state index in [0.717, 1.165) is 16.8 Å². The quantitative estimate of drug-likeness (QED) is 0.824. The molecule has 0 aliphatic heterocycles. The highest BCUT2D eigenvalue weighted by atomic mass is 32.1. The molecule has 1 amide bonds. The van der Waals surface area contributed by atoms with Gasteiger partial charge in [0.2, 0.25) is 5.91 Å². The number of thiophene rings is 1. The average molecular weight is 288 g/mol. The minimum Gasteiger partial charge on any atom is -0.399 e. The zero-order valence-corrected chi connectivity index (χ0v) is 12.6. The zero-order valence-electron chi connectivity index (χ0n) is 11.8. The van der Waals surface area contributed by atoms with Crippen LogP contribution in [0.5, 0.6) is 0 Å². The average Bonchev–Trinajstić information content (AvgIpc) is 2.93. The van der Waals surface area contributed by atoms with Gasteiger partial charge >= 0.3 is 0 Å². The first kappa shape index (κ1) is 14.6. The minimum absolute atomic E-state index is 0.0624. The van der Waals surface area contributed by atoms with Gasteiger partial charge in [-0.15, -0.1) is 0 Å². The number of nitrogens with two attached hydrogens (primary N) is 1. The smallest absolute Gasteiger partial charge is 0.221 e. The first-order valence-corrected chi connectivity index (χ1v) is 7.67. The van der Waals surface area contributed by atoms with Crippen LogP contribution in [0.1, 0.15) is 43.4 Å². The molecule has 106 valence electrons. The second-order valence-electron chi connectivity index (χ2n) is 5.12. The van der Waals surface area contributed by atoms with Crippen LogP contribution in [-0.4, -0.2) is 5.91 Å². The van der Waals surface area contributed by atoms with Gasteiger partial charge in [-0.2, -0.15) is 11.3 Å². The first-order chi connectivity index (χ1) is 9.56. The lowest BCUT2D eigenvalue weighted by molar-refractivity contribution is -0.122. The molecule has 2 rings (SSSR count). The van der Waals surface area contributed by atoms with E-state index >= 15 is 0 Å². The van der Waals surface area contributed by atoms with Crippen LogP contribution < -0.4 is 11.1 Å². The Balaban J connectivity index is 1.89. The van der Waals surface area contributed by atoms with Crippen molar-refractivity contribution in [1.82, 2.24) is 5.32 Å². The van der Waals surface area contributed by atoms with E-state index in [2.05, 4.69) is 17.6 Å². The monoisotopic (exact) mass is 288 g/mol. The Hall–Kier alpha value is -1.81. The van der Waals surface area contributed by atoms with Gasteiger partial charge in [-0.1, -0.05) is 19.1 Å². The van der Waals surface area contributed by atoms with Crippen molar-refractivity contribution in [2.75, 3.05) is 5.73 Å². The van der Waals surface area contributed by atoms with Crippen molar-refractivity contribution in [1.29, 1.82) is 0 Å². The fourth-order valence-corrected chi connectivity index (χ4v) is 2.88. The first-order valence-electron chi connectivity index (χ1n) is 6.73. The van der Waals surface area contributed by atoms with E-state index in [-0.39, 0.29) is 17.9 Å². The molecule has 0 radical (unpaired) electrons. The molecule has 0 saturated heterocycles. The lowest BCUT2D eigenvalue weighted by atomic mass is 9.97. The molecule has 0 fully saturated rings. The summed E-state index contributed by atoms with van der Waals surface area (Å²) in [7, 11) is 0. The van der Waals surface area contributed by atoms with Crippen LogP contribution in [0, 0.1) is 0 Å². The van der Waals surface area contributed by atoms with Crippen LogP contribution in [0.4, 0.5) is 5.69 Å². The van der Waals surface area contributed by atoms with Crippen LogP contribution in [0.3, 0.4) is 0 Å². The van der Waals surface area contributed by atoms with Gasteiger partial charge < -0.3 is 11.1 Å². The normalized spacial score (nSPS) is 13.7. The van der Waals surface area contributed by atoms with Crippen molar-refractivity contribution in [2.24, 2.45) is 0 Å². The molecule has 2 atom stereocenters. The fraction of sp³-hybridized carbons (Fsp3) is 0.312. The number of nitrogen functional groups attached to an aromatic ring is 1. The Morgan fingerprint density at radius 2 is 1.90 bits per heavy atom. The highest BCUT2D eigenvalue weighted by Gasteiger charge is 2.14. The lowest BCUT2D eigenvalue weighted by Gasteiger charge is -2.16. The van der Waals surface area contributed by atoms with Crippen LogP contribution >= 0.6 is 11.3 Å². The largest absolute Gasteiger partial charge is 0.399 e. The molecule has 0 aliphatic rings. The van der Waals surface area contributed by atoms with Crippen molar-refractivity contribution < 1.29 is 4.79 Å². The Morgan fingerprint density at radius 1 is 1.20 bits per heavy atom. The molecule has 0 aliphatic carbocycles. The van der Waals surface area contributed by atoms with Gasteiger partial charge in [0.05, 0.1) is 6.04 Å². The summed E-state index contributed by atoms with van der Waals surface area (Å²) in [5.74, 6) is 0.262. The number of anilines is 1. The van der Waals surface area contributed by atoms with Gasteiger partial charge in [0.25, 0.3) is 0 Å². The maximum atomic E-state index is 12.1. The van der Waals surface area contributed by atoms with Gasteiger partial charge in [-0.05, 0) is 52.9 Å². The highest BCUT2D eigenvalue weighted by molar-refractivity contribution is 7.07. The number of hydrogen-bond donors (Lipinski definition) is 2. The maximum absolute atomic E-state index is 12.1. The van der Waals surface area contributed by atoms with Crippen molar-refractivity contribution in [3.05, 3.63) is 52.2 Å². The summed E-state index contributed by atoms with van der Waals surface area (Å²) < 4.78 is 0. The predicted octanol–water partition coefficient (Wildman–Crippen LogP) is 3.70. The molecule has 0 spiro atoms. The molecule has 20 heavy (non-hydrogen) atoms. The standard InChI is InChI=1S/C16H20N2OS/c1-11(13-3-5-15(17)6-4-13)9-16(19)18-12(2)14-7-8-20-10-14/h3-8,10-12H,9,17H2,1-2H3,(H,18,19). The van der Waals surface area contributed by atoms with Crippen molar-refractivity contribution >= 4 is 22.9 Å². The highest BCUT2D eigenvalue weighted by Crippen LogP contribution is 2.21.